The standard InChI is InChI=1S/C32H44OP4/c1-13-28(9,10)27-34-37-30(25-21(5)15-19(3)16-22(25)6)32(29(11,12)14-2)35(27)31(37,33-36(30)32)26-23(7)17-20(4)18-24(26)8/h15-18H,13-14H2,1-12H3/t30-,31+,32-,35?,36?,37?/m0/s1. The monoisotopic (exact) mass is 568 g/mol. The minimum absolute atomic E-state index is 0.0578. The van der Waals surface area contributed by atoms with E-state index in [4.69, 9.17) is 4.52 Å². The Morgan fingerprint density at radius 1 is 0.757 bits per heavy atom. The van der Waals surface area contributed by atoms with Crippen molar-refractivity contribution in [2.75, 3.05) is 0 Å². The molecule has 0 aromatic heterocycles. The molecule has 5 aliphatic heterocycles. The highest BCUT2D eigenvalue weighted by Gasteiger charge is 3.04. The maximum absolute atomic E-state index is 7.83. The van der Waals surface area contributed by atoms with Gasteiger partial charge in [0.15, 0.2) is 0 Å². The predicted molar refractivity (Wildman–Crippen MR) is 169 cm³/mol. The van der Waals surface area contributed by atoms with Crippen LogP contribution in [0.25, 0.3) is 0 Å². The molecule has 198 valence electrons. The van der Waals surface area contributed by atoms with Crippen LogP contribution < -0.4 is 0 Å². The van der Waals surface area contributed by atoms with Gasteiger partial charge in [-0.1, -0.05) is 84.8 Å². The van der Waals surface area contributed by atoms with Crippen molar-refractivity contribution < 1.29 is 4.52 Å². The van der Waals surface area contributed by atoms with E-state index in [9.17, 15) is 0 Å². The molecule has 0 spiro atoms. The molecule has 4 fully saturated rings. The van der Waals surface area contributed by atoms with Crippen molar-refractivity contribution in [3.63, 3.8) is 0 Å². The normalized spacial score (nSPS) is 35.8. The predicted octanol–water partition coefficient (Wildman–Crippen LogP) is 11.5. The molecule has 0 saturated carbocycles. The Morgan fingerprint density at radius 3 is 1.70 bits per heavy atom. The molecular weight excluding hydrogens is 524 g/mol. The Morgan fingerprint density at radius 2 is 1.24 bits per heavy atom. The second-order valence-electron chi connectivity index (χ2n) is 13.4. The van der Waals surface area contributed by atoms with Crippen molar-refractivity contribution in [1.29, 1.82) is 0 Å². The number of rotatable bonds is 6. The first-order valence-corrected chi connectivity index (χ1v) is 19.6. The maximum atomic E-state index is 7.83. The maximum Gasteiger partial charge on any atom is 0.149 e. The lowest BCUT2D eigenvalue weighted by Gasteiger charge is -2.44. The molecule has 1 nitrogen and oxygen atoms in total. The van der Waals surface area contributed by atoms with Crippen molar-refractivity contribution in [2.45, 2.75) is 111 Å². The average Bonchev–Trinajstić information content (AvgIpc) is 3.07. The molecule has 37 heavy (non-hydrogen) atoms. The fourth-order valence-electron chi connectivity index (χ4n) is 8.20. The Kier molecular flexibility index (Phi) is 5.84. The van der Waals surface area contributed by atoms with E-state index in [2.05, 4.69) is 107 Å². The Bertz CT molecular complexity index is 1340. The van der Waals surface area contributed by atoms with Gasteiger partial charge in [0.2, 0.25) is 0 Å². The Labute approximate surface area is 231 Å². The summed E-state index contributed by atoms with van der Waals surface area (Å²) in [7, 11) is 0.276. The van der Waals surface area contributed by atoms with Crippen molar-refractivity contribution in [3.05, 3.63) is 68.8 Å². The van der Waals surface area contributed by atoms with Crippen LogP contribution in [0.4, 0.5) is 0 Å². The van der Waals surface area contributed by atoms with E-state index in [0.717, 1.165) is 0 Å². The third-order valence-corrected chi connectivity index (χ3v) is 29.3. The van der Waals surface area contributed by atoms with Gasteiger partial charge in [0.05, 0.1) is 17.9 Å². The Balaban J connectivity index is 1.74. The quantitative estimate of drug-likeness (QED) is 0.315. The molecule has 5 heteroatoms. The fraction of sp³-hybridized carbons (Fsp3) is 0.594. The lowest BCUT2D eigenvalue weighted by Crippen LogP contribution is -2.38. The van der Waals surface area contributed by atoms with Crippen LogP contribution in [0.1, 0.15) is 98.9 Å². The van der Waals surface area contributed by atoms with Gasteiger partial charge in [-0.3, -0.25) is 0 Å². The number of benzene rings is 2. The molecule has 4 saturated heterocycles. The van der Waals surface area contributed by atoms with Crippen molar-refractivity contribution >= 4 is 36.6 Å². The van der Waals surface area contributed by atoms with E-state index in [1.807, 2.05) is 5.03 Å². The van der Waals surface area contributed by atoms with E-state index in [1.165, 1.54) is 46.2 Å². The third kappa shape index (κ3) is 2.81. The summed E-state index contributed by atoms with van der Waals surface area (Å²) in [4.78, 5) is 0.552. The summed E-state index contributed by atoms with van der Waals surface area (Å²) in [5, 5.41) is 1.83. The summed E-state index contributed by atoms with van der Waals surface area (Å²) >= 11 is 0. The lowest BCUT2D eigenvalue weighted by atomic mass is 9.81. The highest BCUT2D eigenvalue weighted by Crippen LogP contribution is 3.29. The molecule has 3 unspecified atom stereocenters. The van der Waals surface area contributed by atoms with E-state index in [1.54, 1.807) is 19.0 Å². The molecule has 2 aromatic carbocycles. The summed E-state index contributed by atoms with van der Waals surface area (Å²) in [6, 6.07) is 9.81. The van der Waals surface area contributed by atoms with Gasteiger partial charge < -0.3 is 4.52 Å². The van der Waals surface area contributed by atoms with E-state index in [0.29, 0.717) is 4.90 Å². The number of hydrogen-bond donors (Lipinski definition) is 0. The first kappa shape index (κ1) is 27.1. The zero-order valence-corrected chi connectivity index (χ0v) is 28.5. The van der Waals surface area contributed by atoms with Gasteiger partial charge in [0.25, 0.3) is 0 Å². The first-order valence-electron chi connectivity index (χ1n) is 14.1. The molecule has 0 amide bonds. The molecule has 5 heterocycles. The number of aryl methyl sites for hydroxylation is 6. The summed E-state index contributed by atoms with van der Waals surface area (Å²) in [5.74, 6) is 0. The number of hydrogen-bond acceptors (Lipinski definition) is 1. The minimum Gasteiger partial charge on any atom is -0.336 e. The minimum atomic E-state index is -0.536. The average molecular weight is 569 g/mol. The van der Waals surface area contributed by atoms with Crippen LogP contribution in [-0.4, -0.2) is 9.93 Å². The second-order valence-corrected chi connectivity index (χ2v) is 23.7. The van der Waals surface area contributed by atoms with Crippen LogP contribution in [-0.2, 0) is 14.5 Å². The van der Waals surface area contributed by atoms with Crippen molar-refractivity contribution in [2.24, 2.45) is 10.8 Å². The largest absolute Gasteiger partial charge is 0.336 e. The SMILES string of the molecule is CCC(C)(C)C1=PP2[C@]3(c4c(C)cc(C)cc4C)OP4[C@]2(c2c(C)cc(C)cc2C)[C@@]4(C(C)(C)CC)P13. The molecule has 0 N–H and O–H groups in total. The topological polar surface area (TPSA) is 9.23 Å². The fourth-order valence-corrected chi connectivity index (χ4v) is 36.5. The zero-order chi connectivity index (χ0) is 27.1. The van der Waals surface area contributed by atoms with Crippen LogP contribution in [0.3, 0.4) is 0 Å². The van der Waals surface area contributed by atoms with Gasteiger partial charge in [-0.15, -0.1) is 0 Å². The van der Waals surface area contributed by atoms with Gasteiger partial charge in [0.1, 0.15) is 5.08 Å². The molecule has 0 aliphatic carbocycles. The highest BCUT2D eigenvalue weighted by atomic mass is 32.0. The summed E-state index contributed by atoms with van der Waals surface area (Å²) in [5.41, 5.74) is 12.6. The summed E-state index contributed by atoms with van der Waals surface area (Å²) < 4.78 is 7.83. The molecule has 0 radical (unpaired) electrons. The van der Waals surface area contributed by atoms with E-state index >= 15 is 0 Å². The second kappa shape index (κ2) is 7.99. The van der Waals surface area contributed by atoms with E-state index < -0.39 is 23.7 Å². The lowest BCUT2D eigenvalue weighted by molar-refractivity contribution is 0.300. The van der Waals surface area contributed by atoms with Crippen LogP contribution >= 0.6 is 31.6 Å². The molecule has 7 rings (SSSR count). The summed E-state index contributed by atoms with van der Waals surface area (Å²) in [6.07, 6.45) is 2.44. The summed E-state index contributed by atoms with van der Waals surface area (Å²) in [6.45, 7) is 29.3. The molecular formula is C32H44OP4. The van der Waals surface area contributed by atoms with Crippen molar-refractivity contribution in [1.82, 2.24) is 0 Å². The van der Waals surface area contributed by atoms with Crippen LogP contribution in [0.2, 0.25) is 0 Å². The first-order chi connectivity index (χ1) is 17.2. The van der Waals surface area contributed by atoms with Gasteiger partial charge in [-0.2, -0.15) is 0 Å². The smallest absolute Gasteiger partial charge is 0.149 e. The molecule has 2 aromatic rings. The van der Waals surface area contributed by atoms with Crippen LogP contribution in [0.5, 0.6) is 0 Å². The van der Waals surface area contributed by atoms with Crippen LogP contribution in [0.15, 0.2) is 24.3 Å². The third-order valence-electron chi connectivity index (χ3n) is 10.2. The Hall–Kier alpha value is -0.140. The van der Waals surface area contributed by atoms with Gasteiger partial charge in [-0.05, 0) is 112 Å². The van der Waals surface area contributed by atoms with Crippen molar-refractivity contribution in [3.8, 4) is 0 Å². The van der Waals surface area contributed by atoms with Gasteiger partial charge >= 0.3 is 0 Å². The zero-order valence-electron chi connectivity index (χ0n) is 24.9. The van der Waals surface area contributed by atoms with Crippen LogP contribution in [0, 0.1) is 52.4 Å². The van der Waals surface area contributed by atoms with E-state index in [-0.39, 0.29) is 20.8 Å². The molecule has 5 aliphatic rings. The molecule has 6 atom stereocenters. The van der Waals surface area contributed by atoms with Gasteiger partial charge in [-0.25, -0.2) is 0 Å². The highest BCUT2D eigenvalue weighted by molar-refractivity contribution is 8.40. The van der Waals surface area contributed by atoms with Gasteiger partial charge in [0, 0.05) is 7.61 Å². The molecule has 6 bridgehead atoms.